The van der Waals surface area contributed by atoms with Gasteiger partial charge in [0.05, 0.1) is 10.6 Å². The monoisotopic (exact) mass is 457 g/mol. The number of nitrogens with zero attached hydrogens (tertiary/aromatic N) is 3. The molecule has 5 rings (SSSR count). The minimum atomic E-state index is -0.349. The molecule has 5 nitrogen and oxygen atoms in total. The van der Waals surface area contributed by atoms with Crippen molar-refractivity contribution in [1.82, 2.24) is 4.57 Å². The summed E-state index contributed by atoms with van der Waals surface area (Å²) in [5, 5.41) is 16.2. The first-order valence-corrected chi connectivity index (χ1v) is 12.6. The second-order valence-corrected chi connectivity index (χ2v) is 9.49. The minimum absolute atomic E-state index is 0.0434. The number of nitro benzene ring substituents is 1. The maximum Gasteiger partial charge on any atom is 0.294 e. The Morgan fingerprint density at radius 3 is 2.39 bits per heavy atom. The number of aromatic nitrogens is 1. The third-order valence-corrected chi connectivity index (χ3v) is 7.38. The summed E-state index contributed by atoms with van der Waals surface area (Å²) in [6.07, 6.45) is 8.46. The van der Waals surface area contributed by atoms with E-state index in [1.165, 1.54) is 54.5 Å². The van der Waals surface area contributed by atoms with Gasteiger partial charge in [0, 0.05) is 23.1 Å². The van der Waals surface area contributed by atoms with E-state index >= 15 is 0 Å². The van der Waals surface area contributed by atoms with Crippen molar-refractivity contribution < 1.29 is 4.92 Å². The smallest absolute Gasteiger partial charge is 0.294 e. The van der Waals surface area contributed by atoms with Crippen molar-refractivity contribution in [3.8, 4) is 11.3 Å². The van der Waals surface area contributed by atoms with Crippen molar-refractivity contribution in [2.24, 2.45) is 4.99 Å². The highest BCUT2D eigenvalue weighted by Gasteiger charge is 2.21. The molecule has 4 aromatic rings. The first-order valence-electron chi connectivity index (χ1n) is 11.7. The van der Waals surface area contributed by atoms with Crippen LogP contribution in [-0.2, 0) is 0 Å². The van der Waals surface area contributed by atoms with E-state index in [0.717, 1.165) is 23.3 Å². The molecule has 0 N–H and O–H groups in total. The van der Waals surface area contributed by atoms with Crippen LogP contribution in [0.5, 0.6) is 0 Å². The van der Waals surface area contributed by atoms with Crippen LogP contribution in [0.2, 0.25) is 0 Å². The van der Waals surface area contributed by atoms with Crippen molar-refractivity contribution in [3.63, 3.8) is 0 Å². The molecule has 33 heavy (non-hydrogen) atoms. The third kappa shape index (κ3) is 4.48. The summed E-state index contributed by atoms with van der Waals surface area (Å²) in [6.45, 7) is 0. The fourth-order valence-corrected chi connectivity index (χ4v) is 5.88. The summed E-state index contributed by atoms with van der Waals surface area (Å²) in [4.78, 5) is 16.9. The van der Waals surface area contributed by atoms with E-state index in [9.17, 15) is 10.1 Å². The standard InChI is InChI=1S/C27H27N3O2S/c31-30(32)25-18-9-8-17-24(25)28-27-29(21-13-4-2-1-3-5-14-21)26(19-33-27)23-16-10-12-20-11-6-7-15-22(20)23/h6-12,15-19,21H,1-5,13-14H2. The molecule has 0 aliphatic heterocycles. The van der Waals surface area contributed by atoms with E-state index in [2.05, 4.69) is 52.4 Å². The molecule has 3 aromatic carbocycles. The lowest BCUT2D eigenvalue weighted by Crippen LogP contribution is -2.23. The maximum atomic E-state index is 11.6. The Hall–Kier alpha value is -3.25. The Balaban J connectivity index is 1.73. The number of nitro groups is 1. The Labute approximate surface area is 197 Å². The van der Waals surface area contributed by atoms with E-state index in [0.29, 0.717) is 11.7 Å². The van der Waals surface area contributed by atoms with Crippen LogP contribution in [0.3, 0.4) is 0 Å². The van der Waals surface area contributed by atoms with Gasteiger partial charge in [-0.05, 0) is 29.7 Å². The van der Waals surface area contributed by atoms with Crippen LogP contribution in [0, 0.1) is 10.1 Å². The lowest BCUT2D eigenvalue weighted by Gasteiger charge is -2.24. The fraction of sp³-hybridized carbons (Fsp3) is 0.296. The molecule has 168 valence electrons. The van der Waals surface area contributed by atoms with Crippen molar-refractivity contribution in [3.05, 3.63) is 87.0 Å². The highest BCUT2D eigenvalue weighted by molar-refractivity contribution is 7.07. The zero-order valence-corrected chi connectivity index (χ0v) is 19.3. The summed E-state index contributed by atoms with van der Waals surface area (Å²) in [7, 11) is 0. The average molecular weight is 458 g/mol. The second-order valence-electron chi connectivity index (χ2n) is 8.66. The van der Waals surface area contributed by atoms with Crippen molar-refractivity contribution in [2.45, 2.75) is 51.0 Å². The van der Waals surface area contributed by atoms with Gasteiger partial charge in [-0.3, -0.25) is 10.1 Å². The third-order valence-electron chi connectivity index (χ3n) is 6.54. The van der Waals surface area contributed by atoms with Gasteiger partial charge in [-0.25, -0.2) is 4.99 Å². The number of thiazole rings is 1. The number of para-hydroxylation sites is 2. The zero-order chi connectivity index (χ0) is 22.6. The van der Waals surface area contributed by atoms with Crippen LogP contribution in [0.15, 0.2) is 77.1 Å². The van der Waals surface area contributed by atoms with Gasteiger partial charge in [0.1, 0.15) is 5.69 Å². The predicted molar refractivity (Wildman–Crippen MR) is 135 cm³/mol. The van der Waals surface area contributed by atoms with Gasteiger partial charge >= 0.3 is 0 Å². The van der Waals surface area contributed by atoms with Gasteiger partial charge in [0.25, 0.3) is 5.69 Å². The molecule has 1 heterocycles. The lowest BCUT2D eigenvalue weighted by atomic mass is 9.95. The average Bonchev–Trinajstić information content (AvgIpc) is 3.22. The molecule has 1 saturated carbocycles. The van der Waals surface area contributed by atoms with E-state index in [1.54, 1.807) is 23.5 Å². The second kappa shape index (κ2) is 9.71. The van der Waals surface area contributed by atoms with Crippen molar-refractivity contribution in [1.29, 1.82) is 0 Å². The normalized spacial score (nSPS) is 15.9. The van der Waals surface area contributed by atoms with Gasteiger partial charge in [0.2, 0.25) is 0 Å². The molecule has 0 atom stereocenters. The molecule has 6 heteroatoms. The molecule has 1 aliphatic rings. The first-order chi connectivity index (χ1) is 16.2. The molecule has 0 unspecified atom stereocenters. The molecule has 0 amide bonds. The van der Waals surface area contributed by atoms with Crippen LogP contribution < -0.4 is 4.80 Å². The summed E-state index contributed by atoms with van der Waals surface area (Å²) in [5.41, 5.74) is 2.80. The Bertz CT molecular complexity index is 1340. The van der Waals surface area contributed by atoms with Gasteiger partial charge in [-0.1, -0.05) is 86.7 Å². The van der Waals surface area contributed by atoms with E-state index < -0.39 is 0 Å². The Kier molecular flexibility index (Phi) is 6.35. The fourth-order valence-electron chi connectivity index (χ4n) is 4.91. The highest BCUT2D eigenvalue weighted by atomic mass is 32.1. The molecule has 1 aliphatic carbocycles. The van der Waals surface area contributed by atoms with Crippen LogP contribution in [-0.4, -0.2) is 9.49 Å². The Morgan fingerprint density at radius 2 is 1.58 bits per heavy atom. The number of fused-ring (bicyclic) bond motifs is 1. The molecule has 0 saturated heterocycles. The van der Waals surface area contributed by atoms with Crippen LogP contribution in [0.1, 0.15) is 51.0 Å². The molecule has 0 radical (unpaired) electrons. The quantitative estimate of drug-likeness (QED) is 0.232. The number of hydrogen-bond acceptors (Lipinski definition) is 4. The molecular weight excluding hydrogens is 430 g/mol. The van der Waals surface area contributed by atoms with Gasteiger partial charge in [-0.2, -0.15) is 0 Å². The SMILES string of the molecule is O=[N+]([O-])c1ccccc1N=c1scc(-c2cccc3ccccc23)n1C1CCCCCCC1. The zero-order valence-electron chi connectivity index (χ0n) is 18.5. The summed E-state index contributed by atoms with van der Waals surface area (Å²) in [5.74, 6) is 0. The van der Waals surface area contributed by atoms with E-state index in [-0.39, 0.29) is 10.6 Å². The summed E-state index contributed by atoms with van der Waals surface area (Å²) in [6, 6.07) is 22.0. The lowest BCUT2D eigenvalue weighted by molar-refractivity contribution is -0.384. The summed E-state index contributed by atoms with van der Waals surface area (Å²) >= 11 is 1.57. The highest BCUT2D eigenvalue weighted by Crippen LogP contribution is 2.35. The van der Waals surface area contributed by atoms with E-state index in [4.69, 9.17) is 4.99 Å². The van der Waals surface area contributed by atoms with Gasteiger partial charge < -0.3 is 4.57 Å². The number of rotatable bonds is 4. The van der Waals surface area contributed by atoms with E-state index in [1.807, 2.05) is 6.07 Å². The molecular formula is C27H27N3O2S. The van der Waals surface area contributed by atoms with Crippen LogP contribution >= 0.6 is 11.3 Å². The first kappa shape index (κ1) is 21.6. The molecule has 1 fully saturated rings. The minimum Gasteiger partial charge on any atom is -0.313 e. The van der Waals surface area contributed by atoms with Crippen LogP contribution in [0.25, 0.3) is 22.0 Å². The van der Waals surface area contributed by atoms with Crippen molar-refractivity contribution in [2.75, 3.05) is 0 Å². The topological polar surface area (TPSA) is 60.4 Å². The number of hydrogen-bond donors (Lipinski definition) is 0. The molecule has 1 aromatic heterocycles. The van der Waals surface area contributed by atoms with Crippen LogP contribution in [0.4, 0.5) is 11.4 Å². The largest absolute Gasteiger partial charge is 0.313 e. The molecule has 0 bridgehead atoms. The van der Waals surface area contributed by atoms with Gasteiger partial charge in [-0.15, -0.1) is 11.3 Å². The predicted octanol–water partition coefficient (Wildman–Crippen LogP) is 7.80. The van der Waals surface area contributed by atoms with Crippen molar-refractivity contribution >= 4 is 33.5 Å². The number of benzene rings is 3. The summed E-state index contributed by atoms with van der Waals surface area (Å²) < 4.78 is 2.37. The maximum absolute atomic E-state index is 11.6. The van der Waals surface area contributed by atoms with Gasteiger partial charge in [0.15, 0.2) is 4.80 Å². The Morgan fingerprint density at radius 1 is 0.879 bits per heavy atom. The molecule has 0 spiro atoms.